The molecule has 2 fully saturated rings. The van der Waals surface area contributed by atoms with Gasteiger partial charge >= 0.3 is 0 Å². The summed E-state index contributed by atoms with van der Waals surface area (Å²) in [6.45, 7) is 11.1. The lowest BCUT2D eigenvalue weighted by Gasteiger charge is -2.35. The van der Waals surface area contributed by atoms with Gasteiger partial charge in [0, 0.05) is 48.5 Å². The molecule has 1 N–H and O–H groups in total. The molecule has 0 unspecified atom stereocenters. The highest BCUT2D eigenvalue weighted by Gasteiger charge is 2.28. The van der Waals surface area contributed by atoms with E-state index in [4.69, 9.17) is 15.4 Å². The van der Waals surface area contributed by atoms with Gasteiger partial charge in [0.1, 0.15) is 5.84 Å². The molecule has 3 aliphatic rings. The Morgan fingerprint density at radius 2 is 1.85 bits per heavy atom. The van der Waals surface area contributed by atoms with Crippen molar-refractivity contribution < 1.29 is 0 Å². The Hall–Kier alpha value is -1.71. The molecule has 4 nitrogen and oxygen atoms in total. The molecule has 4 heteroatoms. The molecule has 0 aromatic rings. The molecule has 0 spiro atoms. The largest absolute Gasteiger partial charge is 0.375 e. The van der Waals surface area contributed by atoms with Gasteiger partial charge in [-0.2, -0.15) is 0 Å². The van der Waals surface area contributed by atoms with Gasteiger partial charge < -0.3 is 10.3 Å². The summed E-state index contributed by atoms with van der Waals surface area (Å²) in [5.74, 6) is 2.38. The molecule has 1 saturated heterocycles. The maximum absolute atomic E-state index is 7.85. The van der Waals surface area contributed by atoms with Gasteiger partial charge in [-0.05, 0) is 45.1 Å². The highest BCUT2D eigenvalue weighted by Crippen LogP contribution is 2.29. The van der Waals surface area contributed by atoms with Gasteiger partial charge in [-0.25, -0.2) is 4.99 Å². The molecule has 2 heterocycles. The average molecular weight is 355 g/mol. The standard InChI is InChI=1S/C22H34N4/c1-4-18(17(3)23)14-16(2)26-12-10-19(11-13-26)21-15-24-22(25-21)20-8-6-5-7-9-20/h4,19-20,23H,2,5-15H2,1,3H3/b18-4-,23-17?. The number of allylic oxidation sites excluding steroid dienone is 2. The minimum atomic E-state index is 0.592. The van der Waals surface area contributed by atoms with Crippen molar-refractivity contribution in [3.63, 3.8) is 0 Å². The van der Waals surface area contributed by atoms with Gasteiger partial charge in [-0.15, -0.1) is 0 Å². The molecule has 0 bridgehead atoms. The van der Waals surface area contributed by atoms with Gasteiger partial charge in [0.15, 0.2) is 0 Å². The van der Waals surface area contributed by atoms with Crippen LogP contribution in [0.5, 0.6) is 0 Å². The molecule has 2 aliphatic heterocycles. The van der Waals surface area contributed by atoms with Crippen LogP contribution in [0.1, 0.15) is 65.2 Å². The maximum Gasteiger partial charge on any atom is 0.126 e. The lowest BCUT2D eigenvalue weighted by Crippen LogP contribution is -2.36. The van der Waals surface area contributed by atoms with E-state index in [1.807, 2.05) is 19.9 Å². The van der Waals surface area contributed by atoms with Crippen LogP contribution in [-0.2, 0) is 0 Å². The normalized spacial score (nSPS) is 23.0. The summed E-state index contributed by atoms with van der Waals surface area (Å²) in [5, 5.41) is 7.85. The van der Waals surface area contributed by atoms with E-state index in [2.05, 4.69) is 11.5 Å². The van der Waals surface area contributed by atoms with Gasteiger partial charge in [-0.3, -0.25) is 4.99 Å². The predicted molar refractivity (Wildman–Crippen MR) is 112 cm³/mol. The summed E-state index contributed by atoms with van der Waals surface area (Å²) < 4.78 is 0. The van der Waals surface area contributed by atoms with Crippen LogP contribution >= 0.6 is 0 Å². The Bertz CT molecular complexity index is 627. The SMILES string of the molecule is C=C(C/C(=C/C)C(C)=N)N1CCC(C2=NC(C3CCCCC3)=NC2)CC1. The highest BCUT2D eigenvalue weighted by molar-refractivity contribution is 6.05. The quantitative estimate of drug-likeness (QED) is 0.669. The van der Waals surface area contributed by atoms with Gasteiger partial charge in [0.25, 0.3) is 0 Å². The van der Waals surface area contributed by atoms with Gasteiger partial charge in [0.05, 0.1) is 6.54 Å². The van der Waals surface area contributed by atoms with Crippen LogP contribution in [0.15, 0.2) is 33.9 Å². The van der Waals surface area contributed by atoms with Crippen molar-refractivity contribution in [2.75, 3.05) is 19.6 Å². The summed E-state index contributed by atoms with van der Waals surface area (Å²) in [6.07, 6.45) is 11.8. The van der Waals surface area contributed by atoms with E-state index in [-0.39, 0.29) is 0 Å². The number of piperidine rings is 1. The Morgan fingerprint density at radius 1 is 1.15 bits per heavy atom. The lowest BCUT2D eigenvalue weighted by molar-refractivity contribution is 0.256. The summed E-state index contributed by atoms with van der Waals surface area (Å²) in [4.78, 5) is 12.2. The van der Waals surface area contributed by atoms with E-state index in [0.717, 1.165) is 56.0 Å². The van der Waals surface area contributed by atoms with E-state index in [0.29, 0.717) is 17.5 Å². The second-order valence-corrected chi connectivity index (χ2v) is 8.06. The van der Waals surface area contributed by atoms with E-state index < -0.39 is 0 Å². The zero-order valence-electron chi connectivity index (χ0n) is 16.6. The molecular weight excluding hydrogens is 320 g/mol. The number of nitrogens with zero attached hydrogens (tertiary/aromatic N) is 3. The Morgan fingerprint density at radius 3 is 2.46 bits per heavy atom. The molecular formula is C22H34N4. The van der Waals surface area contributed by atoms with Crippen molar-refractivity contribution in [3.05, 3.63) is 23.9 Å². The first-order chi connectivity index (χ1) is 12.6. The van der Waals surface area contributed by atoms with Gasteiger partial charge in [-0.1, -0.05) is 31.9 Å². The van der Waals surface area contributed by atoms with Crippen molar-refractivity contribution in [3.8, 4) is 0 Å². The number of aliphatic imine (C=N–C) groups is 2. The Balaban J connectivity index is 1.50. The third-order valence-corrected chi connectivity index (χ3v) is 6.27. The highest BCUT2D eigenvalue weighted by atomic mass is 15.1. The Labute approximate surface area is 158 Å². The van der Waals surface area contributed by atoms with Crippen LogP contribution in [0.3, 0.4) is 0 Å². The van der Waals surface area contributed by atoms with Crippen molar-refractivity contribution >= 4 is 17.3 Å². The van der Waals surface area contributed by atoms with Crippen molar-refractivity contribution in [1.82, 2.24) is 4.90 Å². The maximum atomic E-state index is 7.85. The lowest BCUT2D eigenvalue weighted by atomic mass is 9.88. The third-order valence-electron chi connectivity index (χ3n) is 6.27. The summed E-state index contributed by atoms with van der Waals surface area (Å²) in [7, 11) is 0. The van der Waals surface area contributed by atoms with Crippen molar-refractivity contribution in [2.24, 2.45) is 21.8 Å². The summed E-state index contributed by atoms with van der Waals surface area (Å²) >= 11 is 0. The zero-order valence-corrected chi connectivity index (χ0v) is 16.6. The smallest absolute Gasteiger partial charge is 0.126 e. The number of hydrogen-bond donors (Lipinski definition) is 1. The number of nitrogens with one attached hydrogen (secondary N) is 1. The molecule has 142 valence electrons. The predicted octanol–water partition coefficient (Wildman–Crippen LogP) is 5.02. The number of amidine groups is 1. The summed E-state index contributed by atoms with van der Waals surface area (Å²) in [5.41, 5.74) is 4.22. The monoisotopic (exact) mass is 354 g/mol. The fourth-order valence-electron chi connectivity index (χ4n) is 4.49. The second-order valence-electron chi connectivity index (χ2n) is 8.06. The van der Waals surface area contributed by atoms with Crippen LogP contribution < -0.4 is 0 Å². The number of likely N-dealkylation sites (tertiary alicyclic amines) is 1. The minimum absolute atomic E-state index is 0.592. The van der Waals surface area contributed by atoms with Crippen LogP contribution in [-0.4, -0.2) is 41.8 Å². The summed E-state index contributed by atoms with van der Waals surface area (Å²) in [6, 6.07) is 0. The first-order valence-corrected chi connectivity index (χ1v) is 10.3. The molecule has 0 atom stereocenters. The van der Waals surface area contributed by atoms with E-state index in [9.17, 15) is 0 Å². The minimum Gasteiger partial charge on any atom is -0.375 e. The van der Waals surface area contributed by atoms with Crippen molar-refractivity contribution in [2.45, 2.75) is 65.2 Å². The first kappa shape index (κ1) is 19.1. The van der Waals surface area contributed by atoms with E-state index in [1.165, 1.54) is 37.8 Å². The van der Waals surface area contributed by atoms with Crippen LogP contribution in [0.25, 0.3) is 0 Å². The first-order valence-electron chi connectivity index (χ1n) is 10.3. The molecule has 1 saturated carbocycles. The zero-order chi connectivity index (χ0) is 18.5. The van der Waals surface area contributed by atoms with Crippen molar-refractivity contribution in [1.29, 1.82) is 5.41 Å². The van der Waals surface area contributed by atoms with Crippen LogP contribution in [0.2, 0.25) is 0 Å². The molecule has 0 aromatic heterocycles. The third kappa shape index (κ3) is 4.52. The second kappa shape index (κ2) is 8.79. The number of hydrogen-bond acceptors (Lipinski definition) is 4. The molecule has 0 amide bonds. The van der Waals surface area contributed by atoms with E-state index in [1.54, 1.807) is 0 Å². The average Bonchev–Trinajstić information content (AvgIpc) is 3.16. The van der Waals surface area contributed by atoms with E-state index >= 15 is 0 Å². The topological polar surface area (TPSA) is 51.8 Å². The fraction of sp³-hybridized carbons (Fsp3) is 0.682. The fourth-order valence-corrected chi connectivity index (χ4v) is 4.49. The van der Waals surface area contributed by atoms with Gasteiger partial charge in [0.2, 0.25) is 0 Å². The molecule has 26 heavy (non-hydrogen) atoms. The van der Waals surface area contributed by atoms with Crippen LogP contribution in [0.4, 0.5) is 0 Å². The molecule has 1 aliphatic carbocycles. The van der Waals surface area contributed by atoms with Crippen LogP contribution in [0, 0.1) is 17.2 Å². The molecule has 3 rings (SSSR count). The Kier molecular flexibility index (Phi) is 6.44. The number of rotatable bonds is 6. The molecule has 0 aromatic carbocycles. The molecule has 0 radical (unpaired) electrons.